The van der Waals surface area contributed by atoms with Gasteiger partial charge < -0.3 is 18.9 Å². The van der Waals surface area contributed by atoms with Crippen molar-refractivity contribution in [3.8, 4) is 0 Å². The van der Waals surface area contributed by atoms with Crippen LogP contribution in [0.5, 0.6) is 0 Å². The normalized spacial score (nSPS) is 23.8. The van der Waals surface area contributed by atoms with E-state index in [-0.39, 0.29) is 6.29 Å². The zero-order valence-electron chi connectivity index (χ0n) is 20.3. The van der Waals surface area contributed by atoms with Crippen LogP contribution in [0.4, 0.5) is 0 Å². The summed E-state index contributed by atoms with van der Waals surface area (Å²) in [6, 6.07) is 10.8. The van der Waals surface area contributed by atoms with E-state index in [1.54, 1.807) is 0 Å². The molecule has 3 rings (SSSR count). The van der Waals surface area contributed by atoms with Crippen molar-refractivity contribution >= 4 is 0 Å². The molecule has 4 heteroatoms. The highest BCUT2D eigenvalue weighted by Gasteiger charge is 2.37. The molecule has 0 amide bonds. The van der Waals surface area contributed by atoms with Crippen LogP contribution in [0.15, 0.2) is 30.3 Å². The first kappa shape index (κ1) is 25.7. The number of rotatable bonds is 18. The van der Waals surface area contributed by atoms with Crippen LogP contribution >= 0.6 is 0 Å². The molecule has 4 unspecified atom stereocenters. The van der Waals surface area contributed by atoms with Gasteiger partial charge in [-0.1, -0.05) is 69.4 Å². The van der Waals surface area contributed by atoms with Crippen LogP contribution in [-0.2, 0) is 25.4 Å². The van der Waals surface area contributed by atoms with Crippen LogP contribution in [0.25, 0.3) is 0 Å². The SMILES string of the molecule is CCCCCCCCOC(CCC1OC1CCCOC1CCCCO1)Cc1ccccc1. The Kier molecular flexibility index (Phi) is 12.7. The molecule has 2 fully saturated rings. The summed E-state index contributed by atoms with van der Waals surface area (Å²) in [5.74, 6) is 0. The molecule has 182 valence electrons. The molecule has 4 atom stereocenters. The van der Waals surface area contributed by atoms with Crippen molar-refractivity contribution in [3.05, 3.63) is 35.9 Å². The first-order chi connectivity index (χ1) is 15.8. The van der Waals surface area contributed by atoms with Crippen LogP contribution in [0.3, 0.4) is 0 Å². The fourth-order valence-corrected chi connectivity index (χ4v) is 4.63. The molecule has 0 N–H and O–H groups in total. The summed E-state index contributed by atoms with van der Waals surface area (Å²) in [5, 5.41) is 0. The summed E-state index contributed by atoms with van der Waals surface area (Å²) in [6.07, 6.45) is 17.8. The van der Waals surface area contributed by atoms with Gasteiger partial charge in [0.2, 0.25) is 0 Å². The van der Waals surface area contributed by atoms with Crippen LogP contribution < -0.4 is 0 Å². The Balaban J connectivity index is 1.28. The van der Waals surface area contributed by atoms with Gasteiger partial charge in [0, 0.05) is 19.8 Å². The summed E-state index contributed by atoms with van der Waals surface area (Å²) in [5.41, 5.74) is 1.37. The highest BCUT2D eigenvalue weighted by atomic mass is 16.7. The number of hydrogen-bond acceptors (Lipinski definition) is 4. The molecule has 1 aromatic rings. The summed E-state index contributed by atoms with van der Waals surface area (Å²) in [6.45, 7) is 4.80. The van der Waals surface area contributed by atoms with E-state index in [1.165, 1.54) is 56.9 Å². The summed E-state index contributed by atoms with van der Waals surface area (Å²) >= 11 is 0. The number of ether oxygens (including phenoxy) is 4. The molecule has 2 aliphatic rings. The number of epoxide rings is 1. The largest absolute Gasteiger partial charge is 0.378 e. The van der Waals surface area contributed by atoms with Gasteiger partial charge >= 0.3 is 0 Å². The van der Waals surface area contributed by atoms with Gasteiger partial charge in [-0.3, -0.25) is 0 Å². The van der Waals surface area contributed by atoms with Gasteiger partial charge in [0.05, 0.1) is 18.3 Å². The van der Waals surface area contributed by atoms with E-state index >= 15 is 0 Å². The van der Waals surface area contributed by atoms with Crippen molar-refractivity contribution in [1.29, 1.82) is 0 Å². The van der Waals surface area contributed by atoms with Crippen LogP contribution in [0.2, 0.25) is 0 Å². The minimum absolute atomic E-state index is 0.0298. The number of benzene rings is 1. The van der Waals surface area contributed by atoms with E-state index in [0.29, 0.717) is 18.3 Å². The molecule has 0 bridgehead atoms. The van der Waals surface area contributed by atoms with Crippen molar-refractivity contribution < 1.29 is 18.9 Å². The predicted molar refractivity (Wildman–Crippen MR) is 130 cm³/mol. The fourth-order valence-electron chi connectivity index (χ4n) is 4.63. The number of unbranched alkanes of at least 4 members (excludes halogenated alkanes) is 5. The van der Waals surface area contributed by atoms with Crippen molar-refractivity contribution in [2.75, 3.05) is 19.8 Å². The van der Waals surface area contributed by atoms with Crippen LogP contribution in [0.1, 0.15) is 96.0 Å². The molecule has 1 aromatic carbocycles. The van der Waals surface area contributed by atoms with Gasteiger partial charge in [-0.05, 0) is 63.4 Å². The summed E-state index contributed by atoms with van der Waals surface area (Å²) in [4.78, 5) is 0. The van der Waals surface area contributed by atoms with Gasteiger partial charge in [0.1, 0.15) is 0 Å². The molecule has 0 aromatic heterocycles. The van der Waals surface area contributed by atoms with Gasteiger partial charge in [-0.15, -0.1) is 0 Å². The number of hydrogen-bond donors (Lipinski definition) is 0. The van der Waals surface area contributed by atoms with Crippen molar-refractivity contribution in [3.63, 3.8) is 0 Å². The highest BCUT2D eigenvalue weighted by molar-refractivity contribution is 5.15. The molecule has 2 aliphatic heterocycles. The quantitative estimate of drug-likeness (QED) is 0.183. The second-order valence-corrected chi connectivity index (χ2v) is 9.55. The van der Waals surface area contributed by atoms with Crippen molar-refractivity contribution in [1.82, 2.24) is 0 Å². The average molecular weight is 447 g/mol. The van der Waals surface area contributed by atoms with E-state index in [2.05, 4.69) is 37.3 Å². The standard InChI is InChI=1S/C28H46O4/c1-2-3-4-5-6-11-20-29-25(23-24-14-8-7-9-15-24)18-19-27-26(32-27)16-13-22-31-28-17-10-12-21-30-28/h7-9,14-15,25-28H,2-6,10-13,16-23H2,1H3. The lowest BCUT2D eigenvalue weighted by Gasteiger charge is -2.22. The Hall–Kier alpha value is -0.940. The molecular formula is C28H46O4. The molecule has 0 saturated carbocycles. The van der Waals surface area contributed by atoms with Gasteiger partial charge in [-0.25, -0.2) is 0 Å². The fraction of sp³-hybridized carbons (Fsp3) is 0.786. The van der Waals surface area contributed by atoms with E-state index in [0.717, 1.165) is 58.3 Å². The summed E-state index contributed by atoms with van der Waals surface area (Å²) in [7, 11) is 0. The molecule has 2 heterocycles. The Bertz CT molecular complexity index is 572. The third-order valence-electron chi connectivity index (χ3n) is 6.69. The van der Waals surface area contributed by atoms with Gasteiger partial charge in [-0.2, -0.15) is 0 Å². The Morgan fingerprint density at radius 2 is 1.72 bits per heavy atom. The first-order valence-corrected chi connectivity index (χ1v) is 13.4. The lowest BCUT2D eigenvalue weighted by Crippen LogP contribution is -2.22. The molecule has 0 radical (unpaired) electrons. The third-order valence-corrected chi connectivity index (χ3v) is 6.69. The van der Waals surface area contributed by atoms with Gasteiger partial charge in [0.25, 0.3) is 0 Å². The monoisotopic (exact) mass is 446 g/mol. The molecular weight excluding hydrogens is 400 g/mol. The lowest BCUT2D eigenvalue weighted by molar-refractivity contribution is -0.162. The highest BCUT2D eigenvalue weighted by Crippen LogP contribution is 2.31. The van der Waals surface area contributed by atoms with Crippen LogP contribution in [0, 0.1) is 0 Å². The maximum absolute atomic E-state index is 6.34. The second kappa shape index (κ2) is 15.8. The van der Waals surface area contributed by atoms with Crippen molar-refractivity contribution in [2.24, 2.45) is 0 Å². The Morgan fingerprint density at radius 1 is 0.906 bits per heavy atom. The van der Waals surface area contributed by atoms with E-state index in [9.17, 15) is 0 Å². The Morgan fingerprint density at radius 3 is 2.53 bits per heavy atom. The summed E-state index contributed by atoms with van der Waals surface area (Å²) < 4.78 is 23.8. The minimum atomic E-state index is 0.0298. The van der Waals surface area contributed by atoms with Crippen LogP contribution in [-0.4, -0.2) is 44.4 Å². The molecule has 0 aliphatic carbocycles. The maximum atomic E-state index is 6.34. The Labute approximate surface area is 196 Å². The molecule has 4 nitrogen and oxygen atoms in total. The predicted octanol–water partition coefficient (Wildman–Crippen LogP) is 6.85. The molecule has 2 saturated heterocycles. The second-order valence-electron chi connectivity index (χ2n) is 9.55. The first-order valence-electron chi connectivity index (χ1n) is 13.4. The van der Waals surface area contributed by atoms with E-state index < -0.39 is 0 Å². The average Bonchev–Trinajstić information content (AvgIpc) is 3.59. The molecule has 32 heavy (non-hydrogen) atoms. The van der Waals surface area contributed by atoms with Crippen molar-refractivity contribution in [2.45, 2.75) is 121 Å². The maximum Gasteiger partial charge on any atom is 0.157 e. The van der Waals surface area contributed by atoms with E-state index in [4.69, 9.17) is 18.9 Å². The van der Waals surface area contributed by atoms with E-state index in [1.807, 2.05) is 0 Å². The third kappa shape index (κ3) is 10.8. The minimum Gasteiger partial charge on any atom is -0.378 e. The van der Waals surface area contributed by atoms with Gasteiger partial charge in [0.15, 0.2) is 6.29 Å². The molecule has 0 spiro atoms. The smallest absolute Gasteiger partial charge is 0.157 e. The lowest BCUT2D eigenvalue weighted by atomic mass is 10.0. The topological polar surface area (TPSA) is 40.2 Å². The zero-order chi connectivity index (χ0) is 22.3. The zero-order valence-corrected chi connectivity index (χ0v) is 20.3.